The number of hydrogen-bond donors (Lipinski definition) is 1. The smallest absolute Gasteiger partial charge is 0.224 e. The number of rotatable bonds is 2. The van der Waals surface area contributed by atoms with Crippen LogP contribution in [0.15, 0.2) is 36.4 Å². The molecule has 1 unspecified atom stereocenters. The topological polar surface area (TPSA) is 29.1 Å². The fraction of sp³-hybridized carbons (Fsp3) is 0.188. The molecule has 0 saturated heterocycles. The van der Waals surface area contributed by atoms with Crippen molar-refractivity contribution in [2.24, 2.45) is 0 Å². The van der Waals surface area contributed by atoms with Gasteiger partial charge >= 0.3 is 0 Å². The normalized spacial score (nSPS) is 15.3. The minimum atomic E-state index is -0.308. The van der Waals surface area contributed by atoms with Crippen LogP contribution in [0, 0.1) is 9.39 Å². The van der Waals surface area contributed by atoms with Gasteiger partial charge in [-0.05, 0) is 58.3 Å². The van der Waals surface area contributed by atoms with Gasteiger partial charge in [0.1, 0.15) is 5.82 Å². The molecule has 2 aromatic rings. The zero-order valence-corrected chi connectivity index (χ0v) is 14.7. The Morgan fingerprint density at radius 1 is 1.19 bits per heavy atom. The lowest BCUT2D eigenvalue weighted by Gasteiger charge is -2.20. The molecule has 1 heterocycles. The number of carbonyl (C=O) groups is 1. The molecule has 1 atom stereocenters. The molecule has 1 aliphatic heterocycles. The number of carbonyl (C=O) groups excluding carboxylic acids is 1. The Labute approximate surface area is 144 Å². The summed E-state index contributed by atoms with van der Waals surface area (Å²) < 4.78 is 15.5. The molecule has 1 N–H and O–H groups in total. The first-order valence-corrected chi connectivity index (χ1v) is 8.56. The fourth-order valence-electron chi connectivity index (χ4n) is 2.46. The first-order chi connectivity index (χ1) is 10.1. The third-order valence-electron chi connectivity index (χ3n) is 3.57. The summed E-state index contributed by atoms with van der Waals surface area (Å²) in [5, 5.41) is 2.72. The molecule has 1 aliphatic rings. The molecule has 1 amide bonds. The summed E-state index contributed by atoms with van der Waals surface area (Å²) in [4.78, 5) is 11.2. The summed E-state index contributed by atoms with van der Waals surface area (Å²) in [5.41, 5.74) is 3.22. The average molecular weight is 460 g/mol. The van der Waals surface area contributed by atoms with Crippen LogP contribution in [-0.2, 0) is 11.2 Å². The molecule has 21 heavy (non-hydrogen) atoms. The average Bonchev–Trinajstić information content (AvgIpc) is 2.46. The zero-order valence-electron chi connectivity index (χ0n) is 11.0. The van der Waals surface area contributed by atoms with E-state index in [2.05, 4.69) is 43.8 Å². The molecule has 0 radical (unpaired) electrons. The highest BCUT2D eigenvalue weighted by atomic mass is 127. The van der Waals surface area contributed by atoms with E-state index < -0.39 is 0 Å². The highest BCUT2D eigenvalue weighted by Crippen LogP contribution is 2.37. The number of anilines is 1. The van der Waals surface area contributed by atoms with E-state index in [1.807, 2.05) is 30.3 Å². The van der Waals surface area contributed by atoms with Crippen molar-refractivity contribution in [1.29, 1.82) is 0 Å². The van der Waals surface area contributed by atoms with Crippen molar-refractivity contribution < 1.29 is 9.18 Å². The van der Waals surface area contributed by atoms with Crippen LogP contribution < -0.4 is 5.32 Å². The number of nitrogens with one attached hydrogen (secondary N) is 1. The van der Waals surface area contributed by atoms with Gasteiger partial charge in [0.25, 0.3) is 0 Å². The van der Waals surface area contributed by atoms with Crippen LogP contribution in [-0.4, -0.2) is 5.91 Å². The van der Waals surface area contributed by atoms with Crippen LogP contribution in [0.1, 0.15) is 27.9 Å². The van der Waals surface area contributed by atoms with E-state index in [0.29, 0.717) is 24.1 Å². The lowest BCUT2D eigenvalue weighted by Crippen LogP contribution is -2.19. The lowest BCUT2D eigenvalue weighted by atomic mass is 9.96. The Bertz CT molecular complexity index is 719. The maximum atomic E-state index is 14.4. The third-order valence-corrected chi connectivity index (χ3v) is 5.54. The first-order valence-electron chi connectivity index (χ1n) is 6.57. The molecule has 5 heteroatoms. The minimum absolute atomic E-state index is 0.0531. The van der Waals surface area contributed by atoms with Gasteiger partial charge < -0.3 is 5.32 Å². The number of hydrogen-bond acceptors (Lipinski definition) is 1. The van der Waals surface area contributed by atoms with E-state index in [1.54, 1.807) is 0 Å². The lowest BCUT2D eigenvalue weighted by molar-refractivity contribution is -0.116. The van der Waals surface area contributed by atoms with Gasteiger partial charge in [-0.15, -0.1) is 0 Å². The summed E-state index contributed by atoms with van der Waals surface area (Å²) in [6.45, 7) is 0. The van der Waals surface area contributed by atoms with Crippen molar-refractivity contribution in [3.05, 3.63) is 62.5 Å². The molecule has 0 spiro atoms. The Hall–Kier alpha value is -0.950. The number of amides is 1. The minimum Gasteiger partial charge on any atom is -0.326 e. The van der Waals surface area contributed by atoms with Crippen molar-refractivity contribution in [2.75, 3.05) is 5.32 Å². The maximum Gasteiger partial charge on any atom is 0.224 e. The molecule has 2 nitrogen and oxygen atoms in total. The van der Waals surface area contributed by atoms with Crippen LogP contribution in [0.5, 0.6) is 0 Å². The van der Waals surface area contributed by atoms with Crippen LogP contribution in [0.25, 0.3) is 0 Å². The van der Waals surface area contributed by atoms with Crippen molar-refractivity contribution in [3.8, 4) is 0 Å². The molecule has 108 valence electrons. The highest BCUT2D eigenvalue weighted by molar-refractivity contribution is 14.1. The Kier molecular flexibility index (Phi) is 4.31. The van der Waals surface area contributed by atoms with Gasteiger partial charge in [-0.3, -0.25) is 4.79 Å². The number of halogens is 3. The summed E-state index contributed by atoms with van der Waals surface area (Å²) in [7, 11) is 0. The van der Waals surface area contributed by atoms with Gasteiger partial charge in [-0.2, -0.15) is 0 Å². The maximum absolute atomic E-state index is 14.4. The number of fused-ring (bicyclic) bond motifs is 1. The summed E-state index contributed by atoms with van der Waals surface area (Å²) in [6, 6.07) is 11.2. The fourth-order valence-corrected chi connectivity index (χ4v) is 4.34. The van der Waals surface area contributed by atoms with Crippen molar-refractivity contribution in [1.82, 2.24) is 0 Å². The molecule has 0 fully saturated rings. The van der Waals surface area contributed by atoms with E-state index in [1.165, 1.54) is 6.07 Å². The Morgan fingerprint density at radius 3 is 2.71 bits per heavy atom. The zero-order chi connectivity index (χ0) is 15.0. The molecule has 3 rings (SSSR count). The molecule has 0 saturated carbocycles. The van der Waals surface area contributed by atoms with E-state index >= 15 is 0 Å². The van der Waals surface area contributed by atoms with Gasteiger partial charge in [0.05, 0.1) is 4.83 Å². The molecule has 0 aliphatic carbocycles. The molecule has 0 bridgehead atoms. The number of aryl methyl sites for hydroxylation is 1. The molecule has 0 aromatic heterocycles. The van der Waals surface area contributed by atoms with Gasteiger partial charge in [0.2, 0.25) is 5.91 Å². The second-order valence-corrected chi connectivity index (χ2v) is 7.04. The Morgan fingerprint density at radius 2 is 1.95 bits per heavy atom. The highest BCUT2D eigenvalue weighted by Gasteiger charge is 2.22. The van der Waals surface area contributed by atoms with E-state index in [-0.39, 0.29) is 16.6 Å². The second-order valence-electron chi connectivity index (χ2n) is 4.96. The van der Waals surface area contributed by atoms with Gasteiger partial charge in [-0.1, -0.05) is 34.1 Å². The van der Waals surface area contributed by atoms with Gasteiger partial charge in [0, 0.05) is 21.2 Å². The van der Waals surface area contributed by atoms with E-state index in [9.17, 15) is 9.18 Å². The summed E-state index contributed by atoms with van der Waals surface area (Å²) >= 11 is 5.85. The van der Waals surface area contributed by atoms with E-state index in [4.69, 9.17) is 0 Å². The molecule has 2 aromatic carbocycles. The number of benzene rings is 2. The van der Waals surface area contributed by atoms with E-state index in [0.717, 1.165) is 14.7 Å². The second kappa shape index (κ2) is 6.04. The van der Waals surface area contributed by atoms with Crippen LogP contribution in [0.4, 0.5) is 10.1 Å². The largest absolute Gasteiger partial charge is 0.326 e. The molecular formula is C16H12BrFINO. The quantitative estimate of drug-likeness (QED) is 0.507. The van der Waals surface area contributed by atoms with Crippen molar-refractivity contribution in [3.63, 3.8) is 0 Å². The van der Waals surface area contributed by atoms with Gasteiger partial charge in [0.15, 0.2) is 0 Å². The standard InChI is InChI=1S/C16H12BrFINO/c17-16(10-3-1-2-4-13(10)19)11-7-9-5-6-15(21)20-14(9)8-12(11)18/h1-4,7-8,16H,5-6H2,(H,20,21). The van der Waals surface area contributed by atoms with Crippen molar-refractivity contribution >= 4 is 50.1 Å². The van der Waals surface area contributed by atoms with Crippen LogP contribution in [0.2, 0.25) is 0 Å². The van der Waals surface area contributed by atoms with Crippen LogP contribution >= 0.6 is 38.5 Å². The van der Waals surface area contributed by atoms with Gasteiger partial charge in [-0.25, -0.2) is 4.39 Å². The number of alkyl halides is 1. The predicted molar refractivity (Wildman–Crippen MR) is 93.3 cm³/mol. The summed E-state index contributed by atoms with van der Waals surface area (Å²) in [6.07, 6.45) is 1.11. The SMILES string of the molecule is O=C1CCc2cc(C(Br)c3ccccc3I)c(F)cc2N1. The molecular weight excluding hydrogens is 448 g/mol. The van der Waals surface area contributed by atoms with Crippen molar-refractivity contribution in [2.45, 2.75) is 17.7 Å². The monoisotopic (exact) mass is 459 g/mol. The summed E-state index contributed by atoms with van der Waals surface area (Å²) in [5.74, 6) is -0.361. The first kappa shape index (κ1) is 15.0. The third kappa shape index (κ3) is 2.99. The van der Waals surface area contributed by atoms with Crippen LogP contribution in [0.3, 0.4) is 0 Å². The Balaban J connectivity index is 2.03. The predicted octanol–water partition coefficient (Wildman–Crippen LogP) is 4.80.